The molecule has 0 unspecified atom stereocenters. The van der Waals surface area contributed by atoms with E-state index in [1.807, 2.05) is 17.5 Å². The lowest BCUT2D eigenvalue weighted by atomic mass is 10.2. The van der Waals surface area contributed by atoms with E-state index in [2.05, 4.69) is 15.3 Å². The van der Waals surface area contributed by atoms with E-state index in [-0.39, 0.29) is 5.91 Å². The van der Waals surface area contributed by atoms with Gasteiger partial charge in [0, 0.05) is 23.8 Å². The monoisotopic (exact) mass is 247 g/mol. The lowest BCUT2D eigenvalue weighted by molar-refractivity contribution is -0.120. The van der Waals surface area contributed by atoms with E-state index in [1.165, 1.54) is 6.33 Å². The molecule has 0 bridgehead atoms. The van der Waals surface area contributed by atoms with Gasteiger partial charge in [0.25, 0.3) is 0 Å². The Morgan fingerprint density at radius 3 is 2.88 bits per heavy atom. The number of amides is 1. The van der Waals surface area contributed by atoms with Crippen molar-refractivity contribution in [2.75, 3.05) is 6.54 Å². The van der Waals surface area contributed by atoms with Gasteiger partial charge in [-0.3, -0.25) is 4.79 Å². The van der Waals surface area contributed by atoms with E-state index in [1.54, 1.807) is 23.7 Å². The van der Waals surface area contributed by atoms with Gasteiger partial charge in [0.2, 0.25) is 5.91 Å². The SMILES string of the molecule is O=C(Cc1cccs1)NCCc1cncnc1. The molecule has 2 aromatic rings. The highest BCUT2D eigenvalue weighted by molar-refractivity contribution is 7.10. The van der Waals surface area contributed by atoms with Gasteiger partial charge in [0.15, 0.2) is 0 Å². The number of aromatic nitrogens is 2. The van der Waals surface area contributed by atoms with Crippen molar-refractivity contribution >= 4 is 17.2 Å². The first-order valence-electron chi connectivity index (χ1n) is 5.37. The van der Waals surface area contributed by atoms with Gasteiger partial charge in [-0.1, -0.05) is 6.07 Å². The summed E-state index contributed by atoms with van der Waals surface area (Å²) < 4.78 is 0. The molecule has 0 saturated carbocycles. The minimum absolute atomic E-state index is 0.0595. The summed E-state index contributed by atoms with van der Waals surface area (Å²) in [5.74, 6) is 0.0595. The summed E-state index contributed by atoms with van der Waals surface area (Å²) in [6.45, 7) is 0.623. The van der Waals surface area contributed by atoms with Crippen molar-refractivity contribution in [1.82, 2.24) is 15.3 Å². The van der Waals surface area contributed by atoms with Gasteiger partial charge in [-0.05, 0) is 23.4 Å². The van der Waals surface area contributed by atoms with E-state index in [0.717, 1.165) is 16.9 Å². The van der Waals surface area contributed by atoms with Crippen molar-refractivity contribution in [2.45, 2.75) is 12.8 Å². The van der Waals surface area contributed by atoms with E-state index >= 15 is 0 Å². The van der Waals surface area contributed by atoms with Crippen LogP contribution in [-0.4, -0.2) is 22.4 Å². The Morgan fingerprint density at radius 1 is 1.35 bits per heavy atom. The Labute approximate surface area is 104 Å². The molecule has 0 fully saturated rings. The molecule has 2 rings (SSSR count). The summed E-state index contributed by atoms with van der Waals surface area (Å²) in [4.78, 5) is 20.5. The fourth-order valence-corrected chi connectivity index (χ4v) is 2.14. The van der Waals surface area contributed by atoms with Crippen molar-refractivity contribution < 1.29 is 4.79 Å². The predicted molar refractivity (Wildman–Crippen MR) is 66.8 cm³/mol. The maximum absolute atomic E-state index is 11.6. The standard InChI is InChI=1S/C12H13N3OS/c16-12(6-11-2-1-5-17-11)15-4-3-10-7-13-9-14-8-10/h1-2,5,7-9H,3-4,6H2,(H,15,16). The molecular weight excluding hydrogens is 234 g/mol. The van der Waals surface area contributed by atoms with Crippen LogP contribution in [0, 0.1) is 0 Å². The van der Waals surface area contributed by atoms with Crippen LogP contribution in [0.3, 0.4) is 0 Å². The van der Waals surface area contributed by atoms with Gasteiger partial charge in [0.1, 0.15) is 6.33 Å². The molecule has 1 N–H and O–H groups in total. The summed E-state index contributed by atoms with van der Waals surface area (Å²) in [5.41, 5.74) is 1.03. The number of carbonyl (C=O) groups excluding carboxylic acids is 1. The highest BCUT2D eigenvalue weighted by Crippen LogP contribution is 2.08. The lowest BCUT2D eigenvalue weighted by Crippen LogP contribution is -2.26. The predicted octanol–water partition coefficient (Wildman–Crippen LogP) is 1.44. The Morgan fingerprint density at radius 2 is 2.18 bits per heavy atom. The first-order valence-corrected chi connectivity index (χ1v) is 6.25. The number of hydrogen-bond acceptors (Lipinski definition) is 4. The average Bonchev–Trinajstić information content (AvgIpc) is 2.83. The second kappa shape index (κ2) is 6.10. The molecule has 0 radical (unpaired) electrons. The second-order valence-corrected chi connectivity index (χ2v) is 4.64. The number of carbonyl (C=O) groups is 1. The van der Waals surface area contributed by atoms with Crippen LogP contribution >= 0.6 is 11.3 Å². The number of nitrogens with one attached hydrogen (secondary N) is 1. The molecule has 0 spiro atoms. The second-order valence-electron chi connectivity index (χ2n) is 3.60. The zero-order chi connectivity index (χ0) is 11.9. The van der Waals surface area contributed by atoms with Gasteiger partial charge in [0.05, 0.1) is 6.42 Å². The van der Waals surface area contributed by atoms with Crippen molar-refractivity contribution in [2.24, 2.45) is 0 Å². The van der Waals surface area contributed by atoms with Crippen LogP contribution in [-0.2, 0) is 17.6 Å². The minimum Gasteiger partial charge on any atom is -0.355 e. The van der Waals surface area contributed by atoms with Crippen LogP contribution in [0.25, 0.3) is 0 Å². The summed E-state index contributed by atoms with van der Waals surface area (Å²) in [6.07, 6.45) is 6.25. The third kappa shape index (κ3) is 3.96. The number of hydrogen-bond donors (Lipinski definition) is 1. The quantitative estimate of drug-likeness (QED) is 0.869. The van der Waals surface area contributed by atoms with E-state index < -0.39 is 0 Å². The van der Waals surface area contributed by atoms with Gasteiger partial charge < -0.3 is 5.32 Å². The normalized spacial score (nSPS) is 10.1. The molecule has 0 aliphatic rings. The van der Waals surface area contributed by atoms with Crippen LogP contribution in [0.4, 0.5) is 0 Å². The molecule has 0 aromatic carbocycles. The molecular formula is C12H13N3OS. The van der Waals surface area contributed by atoms with Crippen LogP contribution in [0.5, 0.6) is 0 Å². The van der Waals surface area contributed by atoms with Gasteiger partial charge >= 0.3 is 0 Å². The van der Waals surface area contributed by atoms with Gasteiger partial charge in [-0.2, -0.15) is 0 Å². The number of rotatable bonds is 5. The Bertz CT molecular complexity index is 456. The van der Waals surface area contributed by atoms with E-state index in [0.29, 0.717) is 13.0 Å². The smallest absolute Gasteiger partial charge is 0.225 e. The molecule has 5 heteroatoms. The average molecular weight is 247 g/mol. The van der Waals surface area contributed by atoms with Gasteiger partial charge in [-0.15, -0.1) is 11.3 Å². The summed E-state index contributed by atoms with van der Waals surface area (Å²) >= 11 is 1.60. The fraction of sp³-hybridized carbons (Fsp3) is 0.250. The molecule has 2 aromatic heterocycles. The summed E-state index contributed by atoms with van der Waals surface area (Å²) in [6, 6.07) is 3.92. The molecule has 1 amide bonds. The first kappa shape index (κ1) is 11.7. The van der Waals surface area contributed by atoms with Crippen molar-refractivity contribution in [3.05, 3.63) is 46.7 Å². The molecule has 0 saturated heterocycles. The number of nitrogens with zero attached hydrogens (tertiary/aromatic N) is 2. The molecule has 2 heterocycles. The molecule has 0 aliphatic carbocycles. The fourth-order valence-electron chi connectivity index (χ4n) is 1.44. The topological polar surface area (TPSA) is 54.9 Å². The summed E-state index contributed by atoms with van der Waals surface area (Å²) in [5, 5.41) is 4.86. The molecule has 0 aliphatic heterocycles. The van der Waals surface area contributed by atoms with Crippen molar-refractivity contribution in [1.29, 1.82) is 0 Å². The largest absolute Gasteiger partial charge is 0.355 e. The zero-order valence-corrected chi connectivity index (χ0v) is 10.1. The Balaban J connectivity index is 1.70. The maximum Gasteiger partial charge on any atom is 0.225 e. The van der Waals surface area contributed by atoms with Crippen LogP contribution in [0.15, 0.2) is 36.2 Å². The van der Waals surface area contributed by atoms with Crippen LogP contribution < -0.4 is 5.32 Å². The molecule has 88 valence electrons. The van der Waals surface area contributed by atoms with Gasteiger partial charge in [-0.25, -0.2) is 9.97 Å². The third-order valence-corrected chi connectivity index (χ3v) is 3.14. The molecule has 0 atom stereocenters. The maximum atomic E-state index is 11.6. The molecule has 17 heavy (non-hydrogen) atoms. The van der Waals surface area contributed by atoms with E-state index in [9.17, 15) is 4.79 Å². The van der Waals surface area contributed by atoms with Crippen molar-refractivity contribution in [3.63, 3.8) is 0 Å². The lowest BCUT2D eigenvalue weighted by Gasteiger charge is -2.03. The van der Waals surface area contributed by atoms with Crippen molar-refractivity contribution in [3.8, 4) is 0 Å². The third-order valence-electron chi connectivity index (χ3n) is 2.26. The Hall–Kier alpha value is -1.75. The van der Waals surface area contributed by atoms with E-state index in [4.69, 9.17) is 0 Å². The summed E-state index contributed by atoms with van der Waals surface area (Å²) in [7, 11) is 0. The van der Waals surface area contributed by atoms with Crippen LogP contribution in [0.1, 0.15) is 10.4 Å². The Kier molecular flexibility index (Phi) is 4.21. The minimum atomic E-state index is 0.0595. The molecule has 4 nitrogen and oxygen atoms in total. The highest BCUT2D eigenvalue weighted by Gasteiger charge is 2.03. The zero-order valence-electron chi connectivity index (χ0n) is 9.30. The van der Waals surface area contributed by atoms with Crippen LogP contribution in [0.2, 0.25) is 0 Å². The number of thiophene rings is 1. The first-order chi connectivity index (χ1) is 8.34. The highest BCUT2D eigenvalue weighted by atomic mass is 32.1.